The van der Waals surface area contributed by atoms with Gasteiger partial charge in [0.25, 0.3) is 0 Å². The third kappa shape index (κ3) is 4.80. The highest BCUT2D eigenvalue weighted by atomic mass is 16.2. The van der Waals surface area contributed by atoms with Crippen LogP contribution < -0.4 is 0 Å². The highest BCUT2D eigenvalue weighted by molar-refractivity contribution is 5.77. The van der Waals surface area contributed by atoms with Gasteiger partial charge in [-0.2, -0.15) is 5.26 Å². The third-order valence-corrected chi connectivity index (χ3v) is 2.56. The zero-order chi connectivity index (χ0) is 11.8. The fraction of sp³-hybridized carbons (Fsp3) is 0.818. The molecule has 0 spiro atoms. The first-order valence-corrected chi connectivity index (χ1v) is 5.37. The van der Waals surface area contributed by atoms with Gasteiger partial charge < -0.3 is 4.90 Å². The van der Waals surface area contributed by atoms with Crippen molar-refractivity contribution < 1.29 is 4.79 Å². The minimum Gasteiger partial charge on any atom is -0.348 e. The Morgan fingerprint density at radius 1 is 1.40 bits per heavy atom. The van der Waals surface area contributed by atoms with Gasteiger partial charge in [-0.05, 0) is 13.0 Å². The van der Waals surface area contributed by atoms with Gasteiger partial charge in [0, 0.05) is 20.1 Å². The molecule has 15 heavy (non-hydrogen) atoms. The van der Waals surface area contributed by atoms with Crippen LogP contribution in [0.5, 0.6) is 0 Å². The zero-order valence-corrected chi connectivity index (χ0v) is 10.2. The van der Waals surface area contributed by atoms with E-state index in [1.54, 1.807) is 19.0 Å². The van der Waals surface area contributed by atoms with E-state index < -0.39 is 0 Å². The smallest absolute Gasteiger partial charge is 0.236 e. The summed E-state index contributed by atoms with van der Waals surface area (Å²) in [6.45, 7) is 5.28. The molecule has 0 aromatic heterocycles. The standard InChI is InChI=1S/C11H21N3O/c1-5-10(7-8-12)14(6-2)9-11(15)13(3)4/h10H,5-7,9H2,1-4H3. The van der Waals surface area contributed by atoms with Gasteiger partial charge in [-0.3, -0.25) is 9.69 Å². The maximum Gasteiger partial charge on any atom is 0.236 e. The zero-order valence-electron chi connectivity index (χ0n) is 10.2. The van der Waals surface area contributed by atoms with Crippen LogP contribution in [0.3, 0.4) is 0 Å². The van der Waals surface area contributed by atoms with Crippen LogP contribution in [-0.2, 0) is 4.79 Å². The normalized spacial score (nSPS) is 12.3. The molecule has 4 heteroatoms. The molecule has 0 N–H and O–H groups in total. The van der Waals surface area contributed by atoms with Gasteiger partial charge in [0.2, 0.25) is 5.91 Å². The van der Waals surface area contributed by atoms with E-state index in [4.69, 9.17) is 5.26 Å². The highest BCUT2D eigenvalue weighted by Crippen LogP contribution is 2.07. The van der Waals surface area contributed by atoms with Crippen molar-refractivity contribution in [2.45, 2.75) is 32.7 Å². The van der Waals surface area contributed by atoms with E-state index in [2.05, 4.69) is 11.0 Å². The Balaban J connectivity index is 4.34. The van der Waals surface area contributed by atoms with E-state index in [1.165, 1.54) is 0 Å². The first-order chi connectivity index (χ1) is 7.06. The second-order valence-corrected chi connectivity index (χ2v) is 3.78. The van der Waals surface area contributed by atoms with E-state index in [0.717, 1.165) is 13.0 Å². The molecule has 0 aliphatic heterocycles. The molecule has 0 heterocycles. The minimum atomic E-state index is 0.0910. The molecule has 0 rings (SSSR count). The topological polar surface area (TPSA) is 47.3 Å². The van der Waals surface area contributed by atoms with Gasteiger partial charge in [0.15, 0.2) is 0 Å². The van der Waals surface area contributed by atoms with Gasteiger partial charge in [-0.1, -0.05) is 13.8 Å². The summed E-state index contributed by atoms with van der Waals surface area (Å²) < 4.78 is 0. The molecule has 4 nitrogen and oxygen atoms in total. The van der Waals surface area contributed by atoms with Gasteiger partial charge >= 0.3 is 0 Å². The van der Waals surface area contributed by atoms with Crippen LogP contribution in [0.25, 0.3) is 0 Å². The number of likely N-dealkylation sites (N-methyl/N-ethyl adjacent to an activating group) is 2. The van der Waals surface area contributed by atoms with Crippen molar-refractivity contribution in [1.82, 2.24) is 9.80 Å². The summed E-state index contributed by atoms with van der Waals surface area (Å²) in [7, 11) is 3.50. The number of carbonyl (C=O) groups excluding carboxylic acids is 1. The summed E-state index contributed by atoms with van der Waals surface area (Å²) in [5.74, 6) is 0.0910. The second kappa shape index (κ2) is 7.24. The SMILES string of the molecule is CCC(CC#N)N(CC)CC(=O)N(C)C. The lowest BCUT2D eigenvalue weighted by atomic mass is 10.1. The summed E-state index contributed by atoms with van der Waals surface area (Å²) in [6, 6.07) is 2.37. The van der Waals surface area contributed by atoms with Crippen LogP contribution in [0, 0.1) is 11.3 Å². The number of amides is 1. The number of hydrogen-bond acceptors (Lipinski definition) is 3. The van der Waals surface area contributed by atoms with E-state index in [9.17, 15) is 4.79 Å². The fourth-order valence-corrected chi connectivity index (χ4v) is 1.45. The van der Waals surface area contributed by atoms with Gasteiger partial charge in [-0.25, -0.2) is 0 Å². The van der Waals surface area contributed by atoms with Crippen LogP contribution in [-0.4, -0.2) is 48.9 Å². The van der Waals surface area contributed by atoms with E-state index >= 15 is 0 Å². The Hall–Kier alpha value is -1.08. The van der Waals surface area contributed by atoms with Crippen molar-refractivity contribution in [1.29, 1.82) is 5.26 Å². The summed E-state index contributed by atoms with van der Waals surface area (Å²) in [4.78, 5) is 15.2. The molecule has 0 fully saturated rings. The number of hydrogen-bond donors (Lipinski definition) is 0. The quantitative estimate of drug-likeness (QED) is 0.660. The first kappa shape index (κ1) is 13.9. The maximum absolute atomic E-state index is 11.5. The predicted octanol–water partition coefficient (Wildman–Crippen LogP) is 1.09. The molecule has 0 aliphatic carbocycles. The van der Waals surface area contributed by atoms with Crippen molar-refractivity contribution in [2.24, 2.45) is 0 Å². The van der Waals surface area contributed by atoms with E-state index in [-0.39, 0.29) is 11.9 Å². The number of rotatable bonds is 6. The summed E-state index contributed by atoms with van der Waals surface area (Å²) in [5.41, 5.74) is 0. The minimum absolute atomic E-state index is 0.0910. The van der Waals surface area contributed by atoms with Crippen LogP contribution in [0.1, 0.15) is 26.7 Å². The largest absolute Gasteiger partial charge is 0.348 e. The number of nitrogens with zero attached hydrogens (tertiary/aromatic N) is 3. The van der Waals surface area contributed by atoms with Crippen molar-refractivity contribution in [2.75, 3.05) is 27.2 Å². The summed E-state index contributed by atoms with van der Waals surface area (Å²) in [6.07, 6.45) is 1.40. The van der Waals surface area contributed by atoms with Gasteiger partial charge in [0.1, 0.15) is 0 Å². The maximum atomic E-state index is 11.5. The van der Waals surface area contributed by atoms with E-state index in [0.29, 0.717) is 13.0 Å². The van der Waals surface area contributed by atoms with Crippen molar-refractivity contribution in [3.63, 3.8) is 0 Å². The molecular weight excluding hydrogens is 190 g/mol. The Labute approximate surface area is 92.5 Å². The Bertz CT molecular complexity index is 232. The molecule has 0 bridgehead atoms. The van der Waals surface area contributed by atoms with Crippen molar-refractivity contribution in [3.05, 3.63) is 0 Å². The third-order valence-electron chi connectivity index (χ3n) is 2.56. The average molecular weight is 211 g/mol. The van der Waals surface area contributed by atoms with Crippen LogP contribution in [0.15, 0.2) is 0 Å². The average Bonchev–Trinajstić information content (AvgIpc) is 2.22. The Morgan fingerprint density at radius 2 is 2.00 bits per heavy atom. The molecule has 0 aromatic rings. The molecule has 1 amide bonds. The molecule has 86 valence electrons. The van der Waals surface area contributed by atoms with Crippen molar-refractivity contribution >= 4 is 5.91 Å². The first-order valence-electron chi connectivity index (χ1n) is 5.37. The monoisotopic (exact) mass is 211 g/mol. The molecule has 0 saturated carbocycles. The highest BCUT2D eigenvalue weighted by Gasteiger charge is 2.18. The molecule has 1 unspecified atom stereocenters. The molecular formula is C11H21N3O. The number of nitriles is 1. The Kier molecular flexibility index (Phi) is 6.72. The lowest BCUT2D eigenvalue weighted by Crippen LogP contribution is -2.42. The predicted molar refractivity (Wildman–Crippen MR) is 60.3 cm³/mol. The van der Waals surface area contributed by atoms with E-state index in [1.807, 2.05) is 13.8 Å². The number of carbonyl (C=O) groups is 1. The molecule has 0 saturated heterocycles. The summed E-state index contributed by atoms with van der Waals surface area (Å²) in [5, 5.41) is 8.68. The van der Waals surface area contributed by atoms with Crippen molar-refractivity contribution in [3.8, 4) is 6.07 Å². The Morgan fingerprint density at radius 3 is 2.33 bits per heavy atom. The van der Waals surface area contributed by atoms with Crippen LogP contribution in [0.2, 0.25) is 0 Å². The lowest BCUT2D eigenvalue weighted by Gasteiger charge is -2.28. The van der Waals surface area contributed by atoms with Crippen LogP contribution >= 0.6 is 0 Å². The summed E-state index contributed by atoms with van der Waals surface area (Å²) >= 11 is 0. The second-order valence-electron chi connectivity index (χ2n) is 3.78. The fourth-order valence-electron chi connectivity index (χ4n) is 1.45. The van der Waals surface area contributed by atoms with Gasteiger partial charge in [-0.15, -0.1) is 0 Å². The molecule has 0 aromatic carbocycles. The molecule has 0 radical (unpaired) electrons. The lowest BCUT2D eigenvalue weighted by molar-refractivity contribution is -0.130. The molecule has 1 atom stereocenters. The van der Waals surface area contributed by atoms with Gasteiger partial charge in [0.05, 0.1) is 19.0 Å². The molecule has 0 aliphatic rings. The van der Waals surface area contributed by atoms with Crippen LogP contribution in [0.4, 0.5) is 0 Å².